The van der Waals surface area contributed by atoms with Gasteiger partial charge in [0.05, 0.1) is 0 Å². The highest BCUT2D eigenvalue weighted by Crippen LogP contribution is 2.47. The maximum absolute atomic E-state index is 12.0. The molecule has 1 aliphatic carbocycles. The zero-order chi connectivity index (χ0) is 13.9. The molecule has 4 nitrogen and oxygen atoms in total. The third kappa shape index (κ3) is 2.79. The van der Waals surface area contributed by atoms with E-state index in [1.165, 1.54) is 0 Å². The van der Waals surface area contributed by atoms with Gasteiger partial charge in [-0.15, -0.1) is 0 Å². The van der Waals surface area contributed by atoms with Crippen molar-refractivity contribution in [2.24, 2.45) is 5.92 Å². The molecule has 1 heterocycles. The van der Waals surface area contributed by atoms with Gasteiger partial charge in [0, 0.05) is 24.9 Å². The summed E-state index contributed by atoms with van der Waals surface area (Å²) in [4.78, 5) is 16.1. The lowest BCUT2D eigenvalue weighted by Crippen LogP contribution is -2.24. The van der Waals surface area contributed by atoms with Crippen LogP contribution in [0.25, 0.3) is 0 Å². The number of hydrogen-bond acceptors (Lipinski definition) is 3. The van der Waals surface area contributed by atoms with Crippen molar-refractivity contribution in [1.82, 2.24) is 10.3 Å². The normalized spacial score (nSPS) is 20.4. The molecule has 0 spiro atoms. The van der Waals surface area contributed by atoms with Gasteiger partial charge in [-0.3, -0.25) is 9.78 Å². The van der Waals surface area contributed by atoms with Gasteiger partial charge in [-0.05, 0) is 41.7 Å². The Morgan fingerprint density at radius 1 is 1.30 bits per heavy atom. The van der Waals surface area contributed by atoms with Gasteiger partial charge < -0.3 is 10.4 Å². The van der Waals surface area contributed by atoms with Crippen molar-refractivity contribution in [3.63, 3.8) is 0 Å². The van der Waals surface area contributed by atoms with Gasteiger partial charge in [-0.25, -0.2) is 0 Å². The molecule has 2 atom stereocenters. The molecule has 1 amide bonds. The van der Waals surface area contributed by atoms with E-state index in [2.05, 4.69) is 10.3 Å². The molecule has 2 aromatic rings. The molecule has 1 aromatic carbocycles. The average molecular weight is 268 g/mol. The molecule has 1 aromatic heterocycles. The number of nitrogens with zero attached hydrogens (tertiary/aromatic N) is 1. The molecule has 0 aliphatic heterocycles. The van der Waals surface area contributed by atoms with Crippen LogP contribution >= 0.6 is 0 Å². The molecule has 0 radical (unpaired) electrons. The highest BCUT2D eigenvalue weighted by Gasteiger charge is 2.43. The van der Waals surface area contributed by atoms with E-state index < -0.39 is 0 Å². The summed E-state index contributed by atoms with van der Waals surface area (Å²) in [5, 5.41) is 12.2. The van der Waals surface area contributed by atoms with Gasteiger partial charge in [-0.1, -0.05) is 18.2 Å². The fraction of sp³-hybridized carbons (Fsp3) is 0.250. The first-order chi connectivity index (χ1) is 9.74. The van der Waals surface area contributed by atoms with Crippen LogP contribution in [0, 0.1) is 5.92 Å². The first-order valence-electron chi connectivity index (χ1n) is 6.69. The molecular weight excluding hydrogens is 252 g/mol. The van der Waals surface area contributed by atoms with Crippen LogP contribution in [0.5, 0.6) is 5.75 Å². The van der Waals surface area contributed by atoms with Crippen molar-refractivity contribution >= 4 is 5.91 Å². The van der Waals surface area contributed by atoms with Crippen LogP contribution in [-0.2, 0) is 11.3 Å². The Labute approximate surface area is 117 Å². The van der Waals surface area contributed by atoms with Gasteiger partial charge in [0.15, 0.2) is 0 Å². The van der Waals surface area contributed by atoms with E-state index in [0.717, 1.165) is 17.5 Å². The number of nitrogens with one attached hydrogen (secondary N) is 1. The van der Waals surface area contributed by atoms with E-state index in [0.29, 0.717) is 6.54 Å². The van der Waals surface area contributed by atoms with Crippen molar-refractivity contribution in [3.05, 3.63) is 59.9 Å². The third-order valence-corrected chi connectivity index (χ3v) is 3.64. The Morgan fingerprint density at radius 2 is 2.10 bits per heavy atom. The van der Waals surface area contributed by atoms with Crippen molar-refractivity contribution in [1.29, 1.82) is 0 Å². The van der Waals surface area contributed by atoms with Crippen LogP contribution in [0.3, 0.4) is 0 Å². The topological polar surface area (TPSA) is 62.2 Å². The Hall–Kier alpha value is -2.36. The lowest BCUT2D eigenvalue weighted by atomic mass is 10.1. The fourth-order valence-electron chi connectivity index (χ4n) is 2.40. The number of phenols is 1. The first-order valence-corrected chi connectivity index (χ1v) is 6.69. The summed E-state index contributed by atoms with van der Waals surface area (Å²) in [5.74, 6) is 0.680. The van der Waals surface area contributed by atoms with E-state index in [-0.39, 0.29) is 23.5 Å². The summed E-state index contributed by atoms with van der Waals surface area (Å²) in [7, 11) is 0. The molecule has 20 heavy (non-hydrogen) atoms. The minimum Gasteiger partial charge on any atom is -0.508 e. The van der Waals surface area contributed by atoms with Gasteiger partial charge in [0.2, 0.25) is 5.91 Å². The first kappa shape index (κ1) is 12.7. The quantitative estimate of drug-likeness (QED) is 0.893. The molecule has 2 N–H and O–H groups in total. The van der Waals surface area contributed by atoms with Gasteiger partial charge in [-0.2, -0.15) is 0 Å². The number of hydrogen-bond donors (Lipinski definition) is 2. The van der Waals surface area contributed by atoms with E-state index in [1.807, 2.05) is 24.3 Å². The minimum absolute atomic E-state index is 0.0521. The number of amides is 1. The van der Waals surface area contributed by atoms with E-state index in [4.69, 9.17) is 0 Å². The standard InChI is InChI=1S/C16H16N2O2/c19-13-5-3-12(4-6-13)14-8-15(14)16(20)18-10-11-2-1-7-17-9-11/h1-7,9,14-15,19H,8,10H2,(H,18,20). The lowest BCUT2D eigenvalue weighted by molar-refractivity contribution is -0.122. The summed E-state index contributed by atoms with van der Waals surface area (Å²) < 4.78 is 0. The van der Waals surface area contributed by atoms with Crippen LogP contribution in [0.4, 0.5) is 0 Å². The Kier molecular flexibility index (Phi) is 3.37. The molecule has 0 saturated heterocycles. The Morgan fingerprint density at radius 3 is 2.80 bits per heavy atom. The molecule has 4 heteroatoms. The molecule has 3 rings (SSSR count). The second-order valence-electron chi connectivity index (χ2n) is 5.12. The summed E-state index contributed by atoms with van der Waals surface area (Å²) in [6, 6.07) is 10.9. The summed E-state index contributed by atoms with van der Waals surface area (Å²) in [6.07, 6.45) is 4.35. The Balaban J connectivity index is 1.54. The van der Waals surface area contributed by atoms with E-state index >= 15 is 0 Å². The zero-order valence-electron chi connectivity index (χ0n) is 11.0. The molecule has 1 aliphatic rings. The maximum atomic E-state index is 12.0. The third-order valence-electron chi connectivity index (χ3n) is 3.64. The zero-order valence-corrected chi connectivity index (χ0v) is 11.0. The summed E-state index contributed by atoms with van der Waals surface area (Å²) in [5.41, 5.74) is 2.12. The van der Waals surface area contributed by atoms with Crippen molar-refractivity contribution in [3.8, 4) is 5.75 Å². The number of rotatable bonds is 4. The highest BCUT2D eigenvalue weighted by atomic mass is 16.3. The number of aromatic hydroxyl groups is 1. The molecule has 1 saturated carbocycles. The summed E-state index contributed by atoms with van der Waals surface area (Å²) >= 11 is 0. The van der Waals surface area contributed by atoms with Gasteiger partial charge >= 0.3 is 0 Å². The second-order valence-corrected chi connectivity index (χ2v) is 5.12. The molecular formula is C16H16N2O2. The second kappa shape index (κ2) is 5.33. The number of carbonyl (C=O) groups excluding carboxylic acids is 1. The van der Waals surface area contributed by atoms with Gasteiger partial charge in [0.25, 0.3) is 0 Å². The SMILES string of the molecule is O=C(NCc1cccnc1)C1CC1c1ccc(O)cc1. The number of benzene rings is 1. The Bertz CT molecular complexity index is 596. The number of phenolic OH excluding ortho intramolecular Hbond substituents is 1. The van der Waals surface area contributed by atoms with Crippen LogP contribution in [0.2, 0.25) is 0 Å². The predicted molar refractivity (Wildman–Crippen MR) is 75.0 cm³/mol. The highest BCUT2D eigenvalue weighted by molar-refractivity contribution is 5.82. The molecule has 102 valence electrons. The number of pyridine rings is 1. The molecule has 2 unspecified atom stereocenters. The van der Waals surface area contributed by atoms with E-state index in [9.17, 15) is 9.90 Å². The summed E-state index contributed by atoms with van der Waals surface area (Å²) in [6.45, 7) is 0.519. The van der Waals surface area contributed by atoms with Crippen LogP contribution in [-0.4, -0.2) is 16.0 Å². The largest absolute Gasteiger partial charge is 0.508 e. The average Bonchev–Trinajstić information content (AvgIpc) is 3.27. The van der Waals surface area contributed by atoms with Gasteiger partial charge in [0.1, 0.15) is 5.75 Å². The van der Waals surface area contributed by atoms with Crippen molar-refractivity contribution in [2.75, 3.05) is 0 Å². The smallest absolute Gasteiger partial charge is 0.224 e. The van der Waals surface area contributed by atoms with Crippen LogP contribution < -0.4 is 5.32 Å². The fourth-order valence-corrected chi connectivity index (χ4v) is 2.40. The van der Waals surface area contributed by atoms with Crippen LogP contribution in [0.1, 0.15) is 23.5 Å². The van der Waals surface area contributed by atoms with E-state index in [1.54, 1.807) is 24.5 Å². The van der Waals surface area contributed by atoms with Crippen molar-refractivity contribution in [2.45, 2.75) is 18.9 Å². The van der Waals surface area contributed by atoms with Crippen LogP contribution in [0.15, 0.2) is 48.8 Å². The lowest BCUT2D eigenvalue weighted by Gasteiger charge is -2.05. The monoisotopic (exact) mass is 268 g/mol. The minimum atomic E-state index is 0.0521. The maximum Gasteiger partial charge on any atom is 0.224 e. The predicted octanol–water partition coefficient (Wildman–Crippen LogP) is 2.21. The molecule has 1 fully saturated rings. The van der Waals surface area contributed by atoms with Crippen molar-refractivity contribution < 1.29 is 9.90 Å². The molecule has 0 bridgehead atoms. The number of aromatic nitrogens is 1. The number of carbonyl (C=O) groups is 1.